The lowest BCUT2D eigenvalue weighted by molar-refractivity contribution is -0.170. The summed E-state index contributed by atoms with van der Waals surface area (Å²) in [6, 6.07) is 5.52. The van der Waals surface area contributed by atoms with Crippen molar-refractivity contribution in [3.8, 4) is 11.5 Å². The summed E-state index contributed by atoms with van der Waals surface area (Å²) in [4.78, 5) is 36.9. The number of imidazole rings is 1. The Balaban J connectivity index is 1.40. The zero-order chi connectivity index (χ0) is 31.1. The lowest BCUT2D eigenvalue weighted by Gasteiger charge is -2.42. The molecule has 0 radical (unpaired) electrons. The quantitative estimate of drug-likeness (QED) is 0.378. The number of fused-ring (bicyclic) bond motifs is 1. The Morgan fingerprint density at radius 1 is 1.25 bits per heavy atom. The van der Waals surface area contributed by atoms with E-state index in [1.165, 1.54) is 18.2 Å². The first kappa shape index (κ1) is 29.6. The van der Waals surface area contributed by atoms with Gasteiger partial charge in [0.25, 0.3) is 0 Å². The number of hydrogen-bond acceptors (Lipinski definition) is 8. The third-order valence-corrected chi connectivity index (χ3v) is 8.77. The summed E-state index contributed by atoms with van der Waals surface area (Å²) in [7, 11) is 3.17. The molecule has 44 heavy (non-hydrogen) atoms. The van der Waals surface area contributed by atoms with Crippen LogP contribution in [0, 0.1) is 5.41 Å². The highest BCUT2D eigenvalue weighted by molar-refractivity contribution is 5.93. The summed E-state index contributed by atoms with van der Waals surface area (Å²) >= 11 is 0. The Hall–Kier alpha value is -4.45. The Bertz CT molecular complexity index is 1660. The number of methoxy groups -OCH3 is 2. The van der Waals surface area contributed by atoms with Gasteiger partial charge in [0, 0.05) is 61.6 Å². The van der Waals surface area contributed by atoms with Crippen molar-refractivity contribution in [3.05, 3.63) is 71.5 Å². The summed E-state index contributed by atoms with van der Waals surface area (Å²) in [5.74, 6) is 1.59. The fourth-order valence-electron chi connectivity index (χ4n) is 6.28. The number of anilines is 1. The summed E-state index contributed by atoms with van der Waals surface area (Å²) in [5.41, 5.74) is 4.54. The van der Waals surface area contributed by atoms with Crippen molar-refractivity contribution in [2.24, 2.45) is 11.1 Å². The standard InChI is InChI=1S/C32H37FN6O5/c1-31(18-44-19-31)30(41)38-12-5-7-22(17-38)29-37-26(32(33)10-4-6-20(15-32)27(34)40)25-28(35-11-13-39(25)29)36-16-21-8-9-23(42-2)14-24(21)43-3/h4,6,8-11,13-14,22H,5,7,12,15-19H2,1-3H3,(H2,34,40)(H,35,36)/t22-,32?/m1/s1. The van der Waals surface area contributed by atoms with E-state index in [0.717, 1.165) is 18.4 Å². The van der Waals surface area contributed by atoms with Gasteiger partial charge in [-0.25, -0.2) is 14.4 Å². The van der Waals surface area contributed by atoms with Crippen LogP contribution in [0.1, 0.15) is 49.2 Å². The van der Waals surface area contributed by atoms with Crippen LogP contribution in [0.3, 0.4) is 0 Å². The van der Waals surface area contributed by atoms with Gasteiger partial charge in [-0.2, -0.15) is 0 Å². The van der Waals surface area contributed by atoms with E-state index in [4.69, 9.17) is 24.9 Å². The second-order valence-electron chi connectivity index (χ2n) is 11.9. The molecule has 232 valence electrons. The Morgan fingerprint density at radius 3 is 2.77 bits per heavy atom. The highest BCUT2D eigenvalue weighted by Gasteiger charge is 2.45. The Kier molecular flexibility index (Phi) is 7.79. The second-order valence-corrected chi connectivity index (χ2v) is 11.9. The minimum atomic E-state index is -2.11. The van der Waals surface area contributed by atoms with E-state index < -0.39 is 17.0 Å². The summed E-state index contributed by atoms with van der Waals surface area (Å²) in [5, 5.41) is 3.36. The smallest absolute Gasteiger partial charge is 0.244 e. The fourth-order valence-corrected chi connectivity index (χ4v) is 6.28. The van der Waals surface area contributed by atoms with Crippen LogP contribution in [0.15, 0.2) is 54.4 Å². The average molecular weight is 605 g/mol. The number of nitrogens with zero attached hydrogens (tertiary/aromatic N) is 4. The maximum Gasteiger partial charge on any atom is 0.244 e. The number of nitrogens with one attached hydrogen (secondary N) is 1. The first-order valence-electron chi connectivity index (χ1n) is 14.7. The molecule has 2 aromatic heterocycles. The number of carbonyl (C=O) groups is 2. The van der Waals surface area contributed by atoms with E-state index in [9.17, 15) is 9.59 Å². The lowest BCUT2D eigenvalue weighted by atomic mass is 9.85. The number of primary amides is 1. The Morgan fingerprint density at radius 2 is 2.07 bits per heavy atom. The third kappa shape index (κ3) is 5.27. The number of piperidine rings is 1. The van der Waals surface area contributed by atoms with E-state index in [-0.39, 0.29) is 29.5 Å². The molecule has 3 N–H and O–H groups in total. The minimum Gasteiger partial charge on any atom is -0.497 e. The van der Waals surface area contributed by atoms with Gasteiger partial charge in [0.05, 0.1) is 32.8 Å². The summed E-state index contributed by atoms with van der Waals surface area (Å²) in [6.07, 6.45) is 9.17. The molecule has 2 aliphatic heterocycles. The lowest BCUT2D eigenvalue weighted by Crippen LogP contribution is -2.55. The van der Waals surface area contributed by atoms with Crippen LogP contribution >= 0.6 is 0 Å². The molecule has 2 atom stereocenters. The van der Waals surface area contributed by atoms with Gasteiger partial charge in [0.1, 0.15) is 28.5 Å². The van der Waals surface area contributed by atoms with Gasteiger partial charge in [0.2, 0.25) is 11.8 Å². The molecular formula is C32H37FN6O5. The van der Waals surface area contributed by atoms with Crippen molar-refractivity contribution in [3.63, 3.8) is 0 Å². The number of carbonyl (C=O) groups excluding carboxylic acids is 2. The molecule has 6 rings (SSSR count). The first-order valence-corrected chi connectivity index (χ1v) is 14.7. The molecule has 1 aliphatic carbocycles. The highest BCUT2D eigenvalue weighted by Crippen LogP contribution is 2.42. The molecule has 1 aromatic carbocycles. The third-order valence-electron chi connectivity index (χ3n) is 8.77. The number of amides is 2. The molecule has 0 saturated carbocycles. The van der Waals surface area contributed by atoms with E-state index in [0.29, 0.717) is 61.5 Å². The number of aromatic nitrogens is 3. The number of benzene rings is 1. The summed E-state index contributed by atoms with van der Waals surface area (Å²) in [6.45, 7) is 4.20. The normalized spacial score (nSPS) is 22.7. The number of halogens is 1. The van der Waals surface area contributed by atoms with E-state index in [1.807, 2.05) is 28.4 Å². The topological polar surface area (TPSA) is 133 Å². The fraction of sp³-hybridized carbons (Fsp3) is 0.438. The second kappa shape index (κ2) is 11.6. The highest BCUT2D eigenvalue weighted by atomic mass is 19.1. The predicted molar refractivity (Wildman–Crippen MR) is 161 cm³/mol. The number of ether oxygens (including phenoxy) is 3. The van der Waals surface area contributed by atoms with Crippen molar-refractivity contribution >= 4 is 23.1 Å². The van der Waals surface area contributed by atoms with Crippen LogP contribution in [0.5, 0.6) is 11.5 Å². The minimum absolute atomic E-state index is 0.0698. The van der Waals surface area contributed by atoms with Crippen LogP contribution in [0.4, 0.5) is 10.2 Å². The molecule has 3 aromatic rings. The molecule has 0 bridgehead atoms. The number of likely N-dealkylation sites (tertiary alicyclic amines) is 1. The summed E-state index contributed by atoms with van der Waals surface area (Å²) < 4.78 is 35.1. The molecule has 0 spiro atoms. The molecule has 4 heterocycles. The van der Waals surface area contributed by atoms with Crippen molar-refractivity contribution in [1.82, 2.24) is 19.3 Å². The Labute approximate surface area is 254 Å². The molecule has 2 fully saturated rings. The predicted octanol–water partition coefficient (Wildman–Crippen LogP) is 3.64. The maximum atomic E-state index is 17.0. The number of rotatable bonds is 9. The van der Waals surface area contributed by atoms with Crippen molar-refractivity contribution in [2.45, 2.75) is 44.3 Å². The molecule has 3 aliphatic rings. The largest absolute Gasteiger partial charge is 0.497 e. The van der Waals surface area contributed by atoms with Gasteiger partial charge in [-0.1, -0.05) is 12.2 Å². The van der Waals surface area contributed by atoms with Crippen LogP contribution in [-0.4, -0.2) is 71.6 Å². The van der Waals surface area contributed by atoms with E-state index in [1.54, 1.807) is 32.7 Å². The SMILES string of the molecule is COc1ccc(CNc2nccn3c([C@@H]4CCCN(C(=O)C5(C)COC5)C4)nc(C4(F)C=CC=C(C(N)=O)C4)c23)c(OC)c1. The van der Waals surface area contributed by atoms with Crippen LogP contribution < -0.4 is 20.5 Å². The van der Waals surface area contributed by atoms with Crippen molar-refractivity contribution < 1.29 is 28.2 Å². The zero-order valence-corrected chi connectivity index (χ0v) is 25.1. The number of allylic oxidation sites excluding steroid dienone is 3. The van der Waals surface area contributed by atoms with Gasteiger partial charge >= 0.3 is 0 Å². The monoisotopic (exact) mass is 604 g/mol. The van der Waals surface area contributed by atoms with Crippen LogP contribution in [0.2, 0.25) is 0 Å². The number of hydrogen-bond donors (Lipinski definition) is 2. The molecule has 1 unspecified atom stereocenters. The maximum absolute atomic E-state index is 17.0. The van der Waals surface area contributed by atoms with Gasteiger partial charge < -0.3 is 30.2 Å². The van der Waals surface area contributed by atoms with Crippen molar-refractivity contribution in [2.75, 3.05) is 45.8 Å². The number of alkyl halides is 1. The molecule has 11 nitrogen and oxygen atoms in total. The number of nitrogens with two attached hydrogens (primary N) is 1. The zero-order valence-electron chi connectivity index (χ0n) is 25.1. The van der Waals surface area contributed by atoms with E-state index in [2.05, 4.69) is 10.3 Å². The average Bonchev–Trinajstić information content (AvgIpc) is 3.43. The first-order chi connectivity index (χ1) is 21.2. The van der Waals surface area contributed by atoms with Gasteiger partial charge in [-0.3, -0.25) is 14.0 Å². The van der Waals surface area contributed by atoms with Crippen LogP contribution in [-0.2, 0) is 26.5 Å². The molecular weight excluding hydrogens is 567 g/mol. The van der Waals surface area contributed by atoms with Crippen LogP contribution in [0.25, 0.3) is 5.52 Å². The molecule has 2 saturated heterocycles. The van der Waals surface area contributed by atoms with E-state index >= 15 is 4.39 Å². The van der Waals surface area contributed by atoms with Gasteiger partial charge in [-0.05, 0) is 38.0 Å². The van der Waals surface area contributed by atoms with Gasteiger partial charge in [-0.15, -0.1) is 0 Å². The molecule has 2 amide bonds. The van der Waals surface area contributed by atoms with Gasteiger partial charge in [0.15, 0.2) is 11.5 Å². The molecule has 12 heteroatoms. The van der Waals surface area contributed by atoms with Crippen molar-refractivity contribution in [1.29, 1.82) is 0 Å².